The molecule has 2 N–H and O–H groups in total. The summed E-state index contributed by atoms with van der Waals surface area (Å²) in [7, 11) is 0. The van der Waals surface area contributed by atoms with E-state index in [1.807, 2.05) is 0 Å². The monoisotopic (exact) mass is 422 g/mol. The van der Waals surface area contributed by atoms with Gasteiger partial charge in [0.2, 0.25) is 0 Å². The number of phenolic OH excluding ortho intramolecular Hbond substituents is 1. The molecule has 0 saturated heterocycles. The van der Waals surface area contributed by atoms with Crippen molar-refractivity contribution in [2.45, 2.75) is 13.1 Å². The molecule has 3 rings (SSSR count). The van der Waals surface area contributed by atoms with Gasteiger partial charge in [-0.25, -0.2) is 9.78 Å². The number of aromatic hydroxyl groups is 1. The molecule has 2 aromatic carbocycles. The first-order valence-corrected chi connectivity index (χ1v) is 8.64. The molecular formula is C20H14ClF3N2O3. The van der Waals surface area contributed by atoms with Gasteiger partial charge in [0.15, 0.2) is 0 Å². The summed E-state index contributed by atoms with van der Waals surface area (Å²) in [5, 5.41) is 12.4. The number of carbonyl (C=O) groups is 1. The predicted octanol–water partition coefficient (Wildman–Crippen LogP) is 5.73. The molecular weight excluding hydrogens is 409 g/mol. The van der Waals surface area contributed by atoms with Crippen LogP contribution in [0.3, 0.4) is 0 Å². The van der Waals surface area contributed by atoms with Crippen molar-refractivity contribution in [2.24, 2.45) is 0 Å². The maximum atomic E-state index is 13.1. The molecule has 9 heteroatoms. The standard InChI is InChI=1S/C20H14ClF3N2O3/c1-11-2-3-12(21)10-16(11)25-18-15(8-9-17(26-18)20(22,23)24)19(28)29-14-6-4-13(27)5-7-14/h2-10,27H,1H3,(H,25,26). The number of nitrogens with one attached hydrogen (secondary N) is 1. The summed E-state index contributed by atoms with van der Waals surface area (Å²) in [5.41, 5.74) is -0.291. The van der Waals surface area contributed by atoms with Gasteiger partial charge in [-0.1, -0.05) is 17.7 Å². The van der Waals surface area contributed by atoms with E-state index >= 15 is 0 Å². The Bertz CT molecular complexity index is 1050. The first kappa shape index (κ1) is 20.5. The summed E-state index contributed by atoms with van der Waals surface area (Å²) in [6, 6.07) is 11.8. The van der Waals surface area contributed by atoms with Crippen LogP contribution in [0.5, 0.6) is 11.5 Å². The van der Waals surface area contributed by atoms with Crippen LogP contribution >= 0.6 is 11.6 Å². The normalized spacial score (nSPS) is 11.2. The molecule has 0 spiro atoms. The second-order valence-electron chi connectivity index (χ2n) is 6.06. The van der Waals surface area contributed by atoms with E-state index in [1.54, 1.807) is 19.1 Å². The van der Waals surface area contributed by atoms with E-state index in [0.29, 0.717) is 22.3 Å². The summed E-state index contributed by atoms with van der Waals surface area (Å²) in [5.74, 6) is -1.16. The second kappa shape index (κ2) is 8.00. The first-order valence-electron chi connectivity index (χ1n) is 8.26. The molecule has 0 radical (unpaired) electrons. The molecule has 0 aliphatic rings. The highest BCUT2D eigenvalue weighted by Gasteiger charge is 2.34. The number of anilines is 2. The van der Waals surface area contributed by atoms with Gasteiger partial charge in [-0.05, 0) is 61.0 Å². The van der Waals surface area contributed by atoms with Crippen molar-refractivity contribution in [1.29, 1.82) is 0 Å². The smallest absolute Gasteiger partial charge is 0.433 e. The van der Waals surface area contributed by atoms with Gasteiger partial charge in [0, 0.05) is 10.7 Å². The Morgan fingerprint density at radius 1 is 1.10 bits per heavy atom. The molecule has 0 aliphatic carbocycles. The van der Waals surface area contributed by atoms with Crippen LogP contribution in [-0.2, 0) is 6.18 Å². The number of alkyl halides is 3. The van der Waals surface area contributed by atoms with E-state index in [0.717, 1.165) is 6.07 Å². The van der Waals surface area contributed by atoms with Gasteiger partial charge in [0.25, 0.3) is 0 Å². The number of aromatic nitrogens is 1. The fourth-order valence-electron chi connectivity index (χ4n) is 2.41. The Labute approximate surface area is 168 Å². The molecule has 0 saturated carbocycles. The van der Waals surface area contributed by atoms with Crippen LogP contribution in [0.2, 0.25) is 5.02 Å². The summed E-state index contributed by atoms with van der Waals surface area (Å²) in [6.45, 7) is 1.72. The highest BCUT2D eigenvalue weighted by molar-refractivity contribution is 6.30. The van der Waals surface area contributed by atoms with E-state index in [2.05, 4.69) is 10.3 Å². The van der Waals surface area contributed by atoms with Crippen molar-refractivity contribution in [1.82, 2.24) is 4.98 Å². The van der Waals surface area contributed by atoms with E-state index in [-0.39, 0.29) is 22.9 Å². The van der Waals surface area contributed by atoms with Crippen LogP contribution < -0.4 is 10.1 Å². The first-order chi connectivity index (χ1) is 13.6. The SMILES string of the molecule is Cc1ccc(Cl)cc1Nc1nc(C(F)(F)F)ccc1C(=O)Oc1ccc(O)cc1. The van der Waals surface area contributed by atoms with Crippen molar-refractivity contribution in [3.8, 4) is 11.5 Å². The molecule has 3 aromatic rings. The molecule has 0 amide bonds. The van der Waals surface area contributed by atoms with Gasteiger partial charge >= 0.3 is 12.1 Å². The summed E-state index contributed by atoms with van der Waals surface area (Å²) >= 11 is 5.96. The second-order valence-corrected chi connectivity index (χ2v) is 6.49. The average Bonchev–Trinajstić information content (AvgIpc) is 2.65. The molecule has 0 atom stereocenters. The number of nitrogens with zero attached hydrogens (tertiary/aromatic N) is 1. The number of benzene rings is 2. The fraction of sp³-hybridized carbons (Fsp3) is 0.100. The summed E-state index contributed by atoms with van der Waals surface area (Å²) in [6.07, 6.45) is -4.70. The molecule has 29 heavy (non-hydrogen) atoms. The Kier molecular flexibility index (Phi) is 5.65. The van der Waals surface area contributed by atoms with E-state index < -0.39 is 17.8 Å². The predicted molar refractivity (Wildman–Crippen MR) is 102 cm³/mol. The third-order valence-electron chi connectivity index (χ3n) is 3.91. The molecule has 0 bridgehead atoms. The zero-order chi connectivity index (χ0) is 21.2. The summed E-state index contributed by atoms with van der Waals surface area (Å²) < 4.78 is 44.5. The van der Waals surface area contributed by atoms with Crippen LogP contribution in [0.15, 0.2) is 54.6 Å². The average molecular weight is 423 g/mol. The van der Waals surface area contributed by atoms with E-state index in [1.165, 1.54) is 30.3 Å². The maximum Gasteiger partial charge on any atom is 0.433 e. The highest BCUT2D eigenvalue weighted by Crippen LogP contribution is 2.32. The number of carbonyl (C=O) groups excluding carboxylic acids is 1. The number of ether oxygens (including phenoxy) is 1. The van der Waals surface area contributed by atoms with Crippen molar-refractivity contribution in [3.05, 3.63) is 76.4 Å². The lowest BCUT2D eigenvalue weighted by molar-refractivity contribution is -0.141. The Morgan fingerprint density at radius 2 is 1.79 bits per heavy atom. The minimum absolute atomic E-state index is 0.0280. The molecule has 1 heterocycles. The quantitative estimate of drug-likeness (QED) is 0.415. The topological polar surface area (TPSA) is 71.5 Å². The molecule has 0 aliphatic heterocycles. The third kappa shape index (κ3) is 4.97. The van der Waals surface area contributed by atoms with Gasteiger partial charge < -0.3 is 15.2 Å². The van der Waals surface area contributed by atoms with Gasteiger partial charge in [-0.3, -0.25) is 0 Å². The van der Waals surface area contributed by atoms with Gasteiger partial charge in [-0.2, -0.15) is 13.2 Å². The Balaban J connectivity index is 2.00. The lowest BCUT2D eigenvalue weighted by Crippen LogP contribution is -2.16. The zero-order valence-electron chi connectivity index (χ0n) is 14.9. The number of hydrogen-bond donors (Lipinski definition) is 2. The third-order valence-corrected chi connectivity index (χ3v) is 4.14. The highest BCUT2D eigenvalue weighted by atomic mass is 35.5. The maximum absolute atomic E-state index is 13.1. The van der Waals surface area contributed by atoms with Gasteiger partial charge in [-0.15, -0.1) is 0 Å². The number of halogens is 4. The Hall–Kier alpha value is -3.26. The largest absolute Gasteiger partial charge is 0.508 e. The number of esters is 1. The molecule has 1 aromatic heterocycles. The van der Waals surface area contributed by atoms with Crippen LogP contribution in [-0.4, -0.2) is 16.1 Å². The molecule has 0 unspecified atom stereocenters. The van der Waals surface area contributed by atoms with Gasteiger partial charge in [0.1, 0.15) is 28.6 Å². The number of aryl methyl sites for hydroxylation is 1. The zero-order valence-corrected chi connectivity index (χ0v) is 15.7. The molecule has 150 valence electrons. The number of hydrogen-bond acceptors (Lipinski definition) is 5. The lowest BCUT2D eigenvalue weighted by Gasteiger charge is -2.15. The lowest BCUT2D eigenvalue weighted by atomic mass is 10.1. The van der Waals surface area contributed by atoms with Gasteiger partial charge in [0.05, 0.1) is 0 Å². The molecule has 5 nitrogen and oxygen atoms in total. The Morgan fingerprint density at radius 3 is 2.45 bits per heavy atom. The number of phenols is 1. The fourth-order valence-corrected chi connectivity index (χ4v) is 2.58. The minimum Gasteiger partial charge on any atom is -0.508 e. The van der Waals surface area contributed by atoms with Crippen molar-refractivity contribution < 1.29 is 27.8 Å². The molecule has 0 fully saturated rings. The van der Waals surface area contributed by atoms with Crippen LogP contribution in [0.1, 0.15) is 21.6 Å². The number of pyridine rings is 1. The number of rotatable bonds is 4. The van der Waals surface area contributed by atoms with Crippen LogP contribution in [0.4, 0.5) is 24.7 Å². The van der Waals surface area contributed by atoms with Crippen molar-refractivity contribution in [3.63, 3.8) is 0 Å². The van der Waals surface area contributed by atoms with Crippen LogP contribution in [0, 0.1) is 6.92 Å². The van der Waals surface area contributed by atoms with E-state index in [9.17, 15) is 23.1 Å². The summed E-state index contributed by atoms with van der Waals surface area (Å²) in [4.78, 5) is 16.1. The van der Waals surface area contributed by atoms with E-state index in [4.69, 9.17) is 16.3 Å². The minimum atomic E-state index is -4.70. The van der Waals surface area contributed by atoms with Crippen molar-refractivity contribution >= 4 is 29.1 Å². The van der Waals surface area contributed by atoms with Crippen LogP contribution in [0.25, 0.3) is 0 Å². The van der Waals surface area contributed by atoms with Crippen molar-refractivity contribution in [2.75, 3.05) is 5.32 Å².